The molecule has 5 nitrogen and oxygen atoms in total. The summed E-state index contributed by atoms with van der Waals surface area (Å²) in [6.07, 6.45) is 11.1. The highest BCUT2D eigenvalue weighted by Gasteiger charge is 2.39. The van der Waals surface area contributed by atoms with Crippen molar-refractivity contribution < 1.29 is 14.7 Å². The molecule has 0 aromatic heterocycles. The molecule has 1 atom stereocenters. The van der Waals surface area contributed by atoms with E-state index in [2.05, 4.69) is 25.8 Å². The lowest BCUT2D eigenvalue weighted by atomic mass is 9.86. The minimum Gasteiger partial charge on any atom is -0.477 e. The Hall–Kier alpha value is -1.39. The summed E-state index contributed by atoms with van der Waals surface area (Å²) in [6, 6.07) is -0.380. The average molecular weight is 324 g/mol. The largest absolute Gasteiger partial charge is 0.477 e. The maximum absolute atomic E-state index is 12.2. The van der Waals surface area contributed by atoms with E-state index in [0.29, 0.717) is 0 Å². The Morgan fingerprint density at radius 3 is 2.13 bits per heavy atom. The smallest absolute Gasteiger partial charge is 0.352 e. The van der Waals surface area contributed by atoms with Crippen molar-refractivity contribution in [1.29, 1.82) is 0 Å². The second kappa shape index (κ2) is 9.68. The first-order chi connectivity index (χ1) is 10.9. The van der Waals surface area contributed by atoms with Gasteiger partial charge in [0.05, 0.1) is 6.54 Å². The van der Waals surface area contributed by atoms with Crippen molar-refractivity contribution in [3.05, 3.63) is 0 Å². The van der Waals surface area contributed by atoms with E-state index >= 15 is 0 Å². The molecule has 1 rings (SSSR count). The van der Waals surface area contributed by atoms with Crippen molar-refractivity contribution in [2.75, 3.05) is 6.54 Å². The summed E-state index contributed by atoms with van der Waals surface area (Å²) in [5.74, 6) is -1.08. The summed E-state index contributed by atoms with van der Waals surface area (Å²) < 4.78 is 0. The fraction of sp³-hybridized carbons (Fsp3) is 0.833. The van der Waals surface area contributed by atoms with Crippen molar-refractivity contribution in [3.63, 3.8) is 0 Å². The van der Waals surface area contributed by atoms with Crippen LogP contribution in [-0.2, 0) is 4.79 Å². The van der Waals surface area contributed by atoms with E-state index in [4.69, 9.17) is 5.11 Å². The SMILES string of the molecule is CCCCCCCC(C)(CCCCC)N1CC(C(=O)O)=NC1=O. The van der Waals surface area contributed by atoms with Crippen molar-refractivity contribution in [3.8, 4) is 0 Å². The van der Waals surface area contributed by atoms with Gasteiger partial charge in [0, 0.05) is 5.54 Å². The normalized spacial score (nSPS) is 17.3. The third kappa shape index (κ3) is 5.96. The van der Waals surface area contributed by atoms with E-state index in [1.54, 1.807) is 4.90 Å². The monoisotopic (exact) mass is 324 g/mol. The highest BCUT2D eigenvalue weighted by Crippen LogP contribution is 2.31. The van der Waals surface area contributed by atoms with Crippen LogP contribution in [0.4, 0.5) is 4.79 Å². The third-order valence-corrected chi connectivity index (χ3v) is 4.81. The Bertz CT molecular complexity index is 434. The number of carboxylic acids is 1. The van der Waals surface area contributed by atoms with Gasteiger partial charge >= 0.3 is 12.0 Å². The Balaban J connectivity index is 2.67. The zero-order chi connectivity index (χ0) is 17.3. The van der Waals surface area contributed by atoms with Gasteiger partial charge in [0.2, 0.25) is 0 Å². The van der Waals surface area contributed by atoms with Crippen molar-refractivity contribution in [1.82, 2.24) is 4.90 Å². The highest BCUT2D eigenvalue weighted by molar-refractivity contribution is 6.39. The summed E-state index contributed by atoms with van der Waals surface area (Å²) in [5, 5.41) is 9.09. The van der Waals surface area contributed by atoms with Crippen LogP contribution in [0.15, 0.2) is 4.99 Å². The number of urea groups is 1. The molecule has 132 valence electrons. The Kier molecular flexibility index (Phi) is 8.28. The zero-order valence-electron chi connectivity index (χ0n) is 14.9. The van der Waals surface area contributed by atoms with Crippen LogP contribution in [-0.4, -0.2) is 39.8 Å². The molecule has 1 heterocycles. The quantitative estimate of drug-likeness (QED) is 0.531. The van der Waals surface area contributed by atoms with Gasteiger partial charge in [-0.05, 0) is 19.8 Å². The van der Waals surface area contributed by atoms with Gasteiger partial charge in [0.1, 0.15) is 0 Å². The van der Waals surface area contributed by atoms with Gasteiger partial charge in [0.25, 0.3) is 0 Å². The Morgan fingerprint density at radius 2 is 1.61 bits per heavy atom. The van der Waals surface area contributed by atoms with E-state index < -0.39 is 5.97 Å². The van der Waals surface area contributed by atoms with Crippen LogP contribution < -0.4 is 0 Å². The van der Waals surface area contributed by atoms with Crippen LogP contribution >= 0.6 is 0 Å². The maximum Gasteiger partial charge on any atom is 0.352 e. The molecule has 1 aliphatic heterocycles. The molecule has 5 heteroatoms. The molecule has 2 amide bonds. The van der Waals surface area contributed by atoms with Gasteiger partial charge in [-0.2, -0.15) is 4.99 Å². The van der Waals surface area contributed by atoms with E-state index in [9.17, 15) is 9.59 Å². The number of nitrogens with zero attached hydrogens (tertiary/aromatic N) is 2. The Morgan fingerprint density at radius 1 is 1.09 bits per heavy atom. The molecular weight excluding hydrogens is 292 g/mol. The van der Waals surface area contributed by atoms with E-state index in [-0.39, 0.29) is 23.8 Å². The number of carbonyl (C=O) groups is 2. The van der Waals surface area contributed by atoms with Crippen molar-refractivity contribution in [2.45, 2.75) is 90.5 Å². The number of carboxylic acid groups (broad SMARTS) is 1. The predicted octanol–water partition coefficient (Wildman–Crippen LogP) is 4.65. The fourth-order valence-corrected chi connectivity index (χ4v) is 3.23. The van der Waals surface area contributed by atoms with Crippen molar-refractivity contribution in [2.24, 2.45) is 4.99 Å². The lowest BCUT2D eigenvalue weighted by Gasteiger charge is -2.38. The van der Waals surface area contributed by atoms with Crippen LogP contribution in [0.2, 0.25) is 0 Å². The summed E-state index contributed by atoms with van der Waals surface area (Å²) in [7, 11) is 0. The summed E-state index contributed by atoms with van der Waals surface area (Å²) in [6.45, 7) is 6.60. The minimum absolute atomic E-state index is 0.0253. The van der Waals surface area contributed by atoms with Crippen LogP contribution in [0, 0.1) is 0 Å². The molecule has 1 N–H and O–H groups in total. The molecule has 1 aliphatic rings. The molecule has 0 saturated carbocycles. The molecule has 0 aromatic carbocycles. The van der Waals surface area contributed by atoms with Crippen LogP contribution in [0.1, 0.15) is 85.0 Å². The van der Waals surface area contributed by atoms with Gasteiger partial charge in [0.15, 0.2) is 5.71 Å². The summed E-state index contributed by atoms with van der Waals surface area (Å²) in [5.41, 5.74) is -0.304. The third-order valence-electron chi connectivity index (χ3n) is 4.81. The van der Waals surface area contributed by atoms with E-state index in [1.165, 1.54) is 25.7 Å². The molecule has 0 bridgehead atoms. The molecule has 1 unspecified atom stereocenters. The number of amides is 2. The van der Waals surface area contributed by atoms with Gasteiger partial charge in [-0.1, -0.05) is 65.2 Å². The number of hydrogen-bond acceptors (Lipinski definition) is 2. The van der Waals surface area contributed by atoms with Crippen LogP contribution in [0.25, 0.3) is 0 Å². The van der Waals surface area contributed by atoms with Gasteiger partial charge in [-0.3, -0.25) is 0 Å². The van der Waals surface area contributed by atoms with E-state index in [0.717, 1.165) is 38.5 Å². The second-order valence-corrected chi connectivity index (χ2v) is 6.85. The van der Waals surface area contributed by atoms with Gasteiger partial charge in [-0.25, -0.2) is 9.59 Å². The average Bonchev–Trinajstić information content (AvgIpc) is 2.90. The molecule has 0 radical (unpaired) electrons. The highest BCUT2D eigenvalue weighted by atomic mass is 16.4. The van der Waals surface area contributed by atoms with Crippen LogP contribution in [0.5, 0.6) is 0 Å². The van der Waals surface area contributed by atoms with Crippen molar-refractivity contribution >= 4 is 17.7 Å². The number of hydrogen-bond donors (Lipinski definition) is 1. The topological polar surface area (TPSA) is 70.0 Å². The first-order valence-corrected chi connectivity index (χ1v) is 9.07. The summed E-state index contributed by atoms with van der Waals surface area (Å²) in [4.78, 5) is 28.7. The number of aliphatic carboxylic acids is 1. The fourth-order valence-electron chi connectivity index (χ4n) is 3.23. The number of aliphatic imine (C=N–C) groups is 1. The summed E-state index contributed by atoms with van der Waals surface area (Å²) >= 11 is 0. The predicted molar refractivity (Wildman–Crippen MR) is 93.1 cm³/mol. The molecule has 0 aromatic rings. The molecule has 0 saturated heterocycles. The minimum atomic E-state index is -1.08. The first kappa shape index (κ1) is 19.7. The molecule has 0 aliphatic carbocycles. The molecule has 23 heavy (non-hydrogen) atoms. The molecule has 0 fully saturated rings. The maximum atomic E-state index is 12.2. The number of carbonyl (C=O) groups excluding carboxylic acids is 1. The standard InChI is InChI=1S/C18H32N2O3/c1-4-6-8-9-11-13-18(3,12-10-7-5-2)20-14-15(16(21)22)19-17(20)23/h4-14H2,1-3H3,(H,21,22). The second-order valence-electron chi connectivity index (χ2n) is 6.85. The Labute approximate surface area is 140 Å². The number of rotatable bonds is 12. The lowest BCUT2D eigenvalue weighted by Crippen LogP contribution is -2.48. The zero-order valence-corrected chi connectivity index (χ0v) is 14.9. The first-order valence-electron chi connectivity index (χ1n) is 9.07. The van der Waals surface area contributed by atoms with E-state index in [1.807, 2.05) is 0 Å². The number of unbranched alkanes of at least 4 members (excludes halogenated alkanes) is 6. The van der Waals surface area contributed by atoms with Gasteiger partial charge < -0.3 is 10.0 Å². The molecule has 0 spiro atoms. The lowest BCUT2D eigenvalue weighted by molar-refractivity contribution is -0.129. The molecular formula is C18H32N2O3. The van der Waals surface area contributed by atoms with Gasteiger partial charge in [-0.15, -0.1) is 0 Å². The van der Waals surface area contributed by atoms with Crippen LogP contribution in [0.3, 0.4) is 0 Å².